The number of hydrogen-bond acceptors (Lipinski definition) is 4. The van der Waals surface area contributed by atoms with E-state index < -0.39 is 0 Å². The van der Waals surface area contributed by atoms with Crippen LogP contribution in [0.4, 0.5) is 0 Å². The van der Waals surface area contributed by atoms with E-state index in [1.165, 1.54) is 17.2 Å². The van der Waals surface area contributed by atoms with Crippen LogP contribution >= 0.6 is 15.9 Å². The Kier molecular flexibility index (Phi) is 7.60. The van der Waals surface area contributed by atoms with Gasteiger partial charge < -0.3 is 14.5 Å². The van der Waals surface area contributed by atoms with Gasteiger partial charge in [-0.25, -0.2) is 0 Å². The van der Waals surface area contributed by atoms with Gasteiger partial charge in [0.2, 0.25) is 0 Å². The van der Waals surface area contributed by atoms with Gasteiger partial charge in [0.1, 0.15) is 0 Å². The van der Waals surface area contributed by atoms with E-state index in [1.807, 2.05) is 24.3 Å². The lowest BCUT2D eigenvalue weighted by atomic mass is 9.83. The predicted molar refractivity (Wildman–Crippen MR) is 123 cm³/mol. The summed E-state index contributed by atoms with van der Waals surface area (Å²) in [6.07, 6.45) is 2.22. The van der Waals surface area contributed by atoms with Crippen LogP contribution in [-0.4, -0.2) is 29.2 Å². The Bertz CT molecular complexity index is 1070. The van der Waals surface area contributed by atoms with E-state index in [0.717, 1.165) is 10.0 Å². The van der Waals surface area contributed by atoms with E-state index in [9.17, 15) is 10.0 Å². The quantitative estimate of drug-likeness (QED) is 0.288. The van der Waals surface area contributed by atoms with Crippen LogP contribution in [0.25, 0.3) is 0 Å². The molecule has 1 atom stereocenters. The molecule has 1 unspecified atom stereocenters. The van der Waals surface area contributed by atoms with E-state index in [0.29, 0.717) is 30.8 Å². The normalized spacial score (nSPS) is 12.7. The number of rotatable bonds is 8. The van der Waals surface area contributed by atoms with E-state index in [-0.39, 0.29) is 11.5 Å². The van der Waals surface area contributed by atoms with Crippen LogP contribution in [-0.2, 0) is 11.3 Å². The molecule has 1 aromatic heterocycles. The fourth-order valence-electron chi connectivity index (χ4n) is 3.56. The number of oxime groups is 1. The van der Waals surface area contributed by atoms with Crippen LogP contribution in [0.2, 0.25) is 0 Å². The molecule has 156 valence electrons. The summed E-state index contributed by atoms with van der Waals surface area (Å²) in [6.45, 7) is 2.96. The standard InChI is InChI=1S/C24H25BrN2O3/c1-17-5-3-4-6-21(17)22(18-7-10-20(25)11-8-18)15-23(26-29)19-9-12-24(28)27(16-19)13-14-30-2/h3-12,16,22,29H,13-15H2,1-2H3/b26-23+. The first-order valence-corrected chi connectivity index (χ1v) is 10.5. The summed E-state index contributed by atoms with van der Waals surface area (Å²) in [5.41, 5.74) is 4.60. The van der Waals surface area contributed by atoms with Crippen molar-refractivity contribution < 1.29 is 9.94 Å². The minimum absolute atomic E-state index is 0.00422. The number of aromatic nitrogens is 1. The molecule has 30 heavy (non-hydrogen) atoms. The van der Waals surface area contributed by atoms with Crippen molar-refractivity contribution in [2.24, 2.45) is 5.16 Å². The zero-order valence-corrected chi connectivity index (χ0v) is 18.7. The number of pyridine rings is 1. The predicted octanol–water partition coefficient (Wildman–Crippen LogP) is 4.97. The second kappa shape index (κ2) is 10.4. The van der Waals surface area contributed by atoms with E-state index in [1.54, 1.807) is 23.9 Å². The highest BCUT2D eigenvalue weighted by molar-refractivity contribution is 9.10. The summed E-state index contributed by atoms with van der Waals surface area (Å²) in [5, 5.41) is 13.4. The van der Waals surface area contributed by atoms with E-state index >= 15 is 0 Å². The highest BCUT2D eigenvalue weighted by atomic mass is 79.9. The van der Waals surface area contributed by atoms with E-state index in [4.69, 9.17) is 4.74 Å². The average molecular weight is 469 g/mol. The zero-order valence-electron chi connectivity index (χ0n) is 17.1. The maximum absolute atomic E-state index is 12.1. The summed E-state index contributed by atoms with van der Waals surface area (Å²) in [4.78, 5) is 12.1. The molecule has 0 saturated heterocycles. The van der Waals surface area contributed by atoms with Gasteiger partial charge in [0.25, 0.3) is 5.56 Å². The number of hydrogen-bond donors (Lipinski definition) is 1. The molecule has 6 heteroatoms. The summed E-state index contributed by atoms with van der Waals surface area (Å²) in [7, 11) is 1.60. The highest BCUT2D eigenvalue weighted by Gasteiger charge is 2.20. The topological polar surface area (TPSA) is 63.8 Å². The third kappa shape index (κ3) is 5.26. The number of methoxy groups -OCH3 is 1. The zero-order chi connectivity index (χ0) is 21.5. The monoisotopic (exact) mass is 468 g/mol. The molecule has 0 amide bonds. The molecule has 3 aromatic rings. The molecule has 0 spiro atoms. The Labute approximate surface area is 184 Å². The molecule has 0 saturated carbocycles. The first-order valence-electron chi connectivity index (χ1n) is 9.75. The van der Waals surface area contributed by atoms with Crippen LogP contribution in [0, 0.1) is 6.92 Å². The number of benzene rings is 2. The Morgan fingerprint density at radius 3 is 2.53 bits per heavy atom. The molecule has 1 N–H and O–H groups in total. The fourth-order valence-corrected chi connectivity index (χ4v) is 3.82. The van der Waals surface area contributed by atoms with Crippen molar-refractivity contribution in [3.63, 3.8) is 0 Å². The van der Waals surface area contributed by atoms with Gasteiger partial charge in [-0.3, -0.25) is 4.79 Å². The lowest BCUT2D eigenvalue weighted by Crippen LogP contribution is -2.23. The van der Waals surface area contributed by atoms with E-state index in [2.05, 4.69) is 52.3 Å². The van der Waals surface area contributed by atoms with Gasteiger partial charge in [0.15, 0.2) is 0 Å². The van der Waals surface area contributed by atoms with Crippen molar-refractivity contribution in [3.8, 4) is 0 Å². The van der Waals surface area contributed by atoms with Crippen LogP contribution in [0.15, 0.2) is 81.3 Å². The minimum Gasteiger partial charge on any atom is -0.411 e. The Morgan fingerprint density at radius 2 is 1.87 bits per heavy atom. The minimum atomic E-state index is -0.114. The van der Waals surface area contributed by atoms with Gasteiger partial charge in [-0.2, -0.15) is 0 Å². The molecule has 0 aliphatic rings. The van der Waals surface area contributed by atoms with Crippen LogP contribution in [0.3, 0.4) is 0 Å². The summed E-state index contributed by atoms with van der Waals surface area (Å²) < 4.78 is 7.67. The second-order valence-corrected chi connectivity index (χ2v) is 8.07. The molecule has 0 radical (unpaired) electrons. The largest absolute Gasteiger partial charge is 0.411 e. The van der Waals surface area contributed by atoms with Crippen molar-refractivity contribution in [1.82, 2.24) is 4.57 Å². The molecule has 5 nitrogen and oxygen atoms in total. The lowest BCUT2D eigenvalue weighted by molar-refractivity contribution is 0.186. The molecule has 0 fully saturated rings. The molecule has 0 aliphatic heterocycles. The van der Waals surface area contributed by atoms with Crippen LogP contribution in [0.5, 0.6) is 0 Å². The third-order valence-corrected chi connectivity index (χ3v) is 5.74. The molecule has 0 aliphatic carbocycles. The summed E-state index contributed by atoms with van der Waals surface area (Å²) in [5.74, 6) is 0.00422. The molecular weight excluding hydrogens is 444 g/mol. The molecule has 0 bridgehead atoms. The second-order valence-electron chi connectivity index (χ2n) is 7.15. The number of aryl methyl sites for hydroxylation is 1. The van der Waals surface area contributed by atoms with Gasteiger partial charge in [-0.1, -0.05) is 57.5 Å². The van der Waals surface area contributed by atoms with Crippen molar-refractivity contribution in [3.05, 3.63) is 104 Å². The Morgan fingerprint density at radius 1 is 1.13 bits per heavy atom. The van der Waals surface area contributed by atoms with Gasteiger partial charge in [-0.15, -0.1) is 0 Å². The van der Waals surface area contributed by atoms with Crippen molar-refractivity contribution in [2.45, 2.75) is 25.8 Å². The molecule has 3 rings (SSSR count). The van der Waals surface area contributed by atoms with Crippen molar-refractivity contribution >= 4 is 21.6 Å². The molecular formula is C24H25BrN2O3. The molecule has 2 aromatic carbocycles. The smallest absolute Gasteiger partial charge is 0.250 e. The van der Waals surface area contributed by atoms with Gasteiger partial charge in [0, 0.05) is 48.3 Å². The third-order valence-electron chi connectivity index (χ3n) is 5.21. The maximum atomic E-state index is 12.1. The highest BCUT2D eigenvalue weighted by Crippen LogP contribution is 2.32. The lowest BCUT2D eigenvalue weighted by Gasteiger charge is -2.21. The number of ether oxygens (including phenoxy) is 1. The fraction of sp³-hybridized carbons (Fsp3) is 0.250. The van der Waals surface area contributed by atoms with Gasteiger partial charge in [-0.05, 0) is 41.8 Å². The first-order chi connectivity index (χ1) is 14.5. The Balaban J connectivity index is 2.00. The van der Waals surface area contributed by atoms with Crippen molar-refractivity contribution in [1.29, 1.82) is 0 Å². The molecule has 1 heterocycles. The SMILES string of the molecule is COCCn1cc(/C(CC(c2ccc(Br)cc2)c2ccccc2C)=N/O)ccc1=O. The summed E-state index contributed by atoms with van der Waals surface area (Å²) >= 11 is 3.50. The average Bonchev–Trinajstić information content (AvgIpc) is 2.76. The number of halogens is 1. The van der Waals surface area contributed by atoms with Crippen LogP contribution < -0.4 is 5.56 Å². The van der Waals surface area contributed by atoms with Gasteiger partial charge >= 0.3 is 0 Å². The first kappa shape index (κ1) is 22.0. The summed E-state index contributed by atoms with van der Waals surface area (Å²) in [6, 6.07) is 19.6. The van der Waals surface area contributed by atoms with Crippen molar-refractivity contribution in [2.75, 3.05) is 13.7 Å². The Hall–Kier alpha value is -2.70. The van der Waals surface area contributed by atoms with Gasteiger partial charge in [0.05, 0.1) is 12.3 Å². The van der Waals surface area contributed by atoms with Crippen LogP contribution in [0.1, 0.15) is 34.6 Å². The number of nitrogens with zero attached hydrogens (tertiary/aromatic N) is 2. The maximum Gasteiger partial charge on any atom is 0.250 e.